The number of rotatable bonds is 4. The molecule has 0 aromatic heterocycles. The summed E-state index contributed by atoms with van der Waals surface area (Å²) >= 11 is -7.26. The zero-order valence-electron chi connectivity index (χ0n) is 33.5. The molecule has 0 N–H and O–H groups in total. The predicted octanol–water partition coefficient (Wildman–Crippen LogP) is 16.2. The van der Waals surface area contributed by atoms with Crippen LogP contribution in [-0.2, 0) is 51.4 Å². The Balaban J connectivity index is 1.99. The van der Waals surface area contributed by atoms with Crippen LogP contribution in [0, 0.1) is 13.8 Å². The van der Waals surface area contributed by atoms with E-state index in [-0.39, 0.29) is 36.4 Å². The molecule has 0 heterocycles. The van der Waals surface area contributed by atoms with Crippen LogP contribution in [0.4, 0.5) is 52.7 Å². The average molecular weight is 971 g/mol. The Bertz CT molecular complexity index is 2320. The second kappa shape index (κ2) is 14.4. The molecule has 322 valence electrons. The summed E-state index contributed by atoms with van der Waals surface area (Å²) in [6, 6.07) is 8.11. The summed E-state index contributed by atoms with van der Waals surface area (Å²) in [6.07, 6.45) is -16.0. The molecule has 0 fully saturated rings. The molecule has 60 heavy (non-hydrogen) atoms. The first-order chi connectivity index (χ1) is 27.0. The minimum atomic E-state index is -7.26. The molecule has 4 aromatic rings. The third-order valence-electron chi connectivity index (χ3n) is 11.4. The number of allylic oxidation sites excluding steroid dienone is 4. The molecule has 0 spiro atoms. The van der Waals surface area contributed by atoms with Crippen molar-refractivity contribution in [3.8, 4) is 11.1 Å². The summed E-state index contributed by atoms with van der Waals surface area (Å²) in [5.74, 6) is 0. The maximum absolute atomic E-state index is 14.6. The van der Waals surface area contributed by atoms with Crippen LogP contribution < -0.4 is 0 Å². The number of benzene rings is 4. The zero-order chi connectivity index (χ0) is 45.2. The van der Waals surface area contributed by atoms with Crippen molar-refractivity contribution in [1.29, 1.82) is 0 Å². The molecule has 2 aliphatic rings. The van der Waals surface area contributed by atoms with Gasteiger partial charge in [-0.05, 0) is 0 Å². The van der Waals surface area contributed by atoms with E-state index in [1.54, 1.807) is 26.0 Å². The van der Waals surface area contributed by atoms with Crippen LogP contribution in [0.25, 0.3) is 11.1 Å². The number of fused-ring (bicyclic) bond motifs is 3. The van der Waals surface area contributed by atoms with Gasteiger partial charge in [0.2, 0.25) is 0 Å². The van der Waals surface area contributed by atoms with Crippen molar-refractivity contribution in [1.82, 2.24) is 0 Å². The molecular formula is C45H40Cl2F12Zr. The van der Waals surface area contributed by atoms with Crippen LogP contribution in [-0.4, -0.2) is 3.21 Å². The Labute approximate surface area is 348 Å². The molecule has 6 rings (SSSR count). The van der Waals surface area contributed by atoms with E-state index in [2.05, 4.69) is 0 Å². The van der Waals surface area contributed by atoms with E-state index in [0.717, 1.165) is 11.1 Å². The van der Waals surface area contributed by atoms with Crippen LogP contribution in [0.1, 0.15) is 112 Å². The topological polar surface area (TPSA) is 0 Å². The summed E-state index contributed by atoms with van der Waals surface area (Å²) in [5, 5.41) is 0. The van der Waals surface area contributed by atoms with Crippen molar-refractivity contribution in [3.05, 3.63) is 152 Å². The van der Waals surface area contributed by atoms with E-state index >= 15 is 0 Å². The summed E-state index contributed by atoms with van der Waals surface area (Å²) in [4.78, 5) is 0. The molecule has 0 amide bonds. The van der Waals surface area contributed by atoms with Crippen LogP contribution in [0.3, 0.4) is 0 Å². The Hall–Kier alpha value is -3.15. The van der Waals surface area contributed by atoms with Gasteiger partial charge in [-0.2, -0.15) is 0 Å². The molecule has 0 saturated carbocycles. The fraction of sp³-hybridized carbons (Fsp3) is 0.356. The van der Waals surface area contributed by atoms with E-state index in [4.69, 9.17) is 17.0 Å². The van der Waals surface area contributed by atoms with Crippen LogP contribution in [0.5, 0.6) is 0 Å². The number of hydrogen-bond acceptors (Lipinski definition) is 0. The van der Waals surface area contributed by atoms with Gasteiger partial charge in [-0.25, -0.2) is 0 Å². The second-order valence-corrected chi connectivity index (χ2v) is 38.6. The van der Waals surface area contributed by atoms with Gasteiger partial charge in [-0.3, -0.25) is 0 Å². The molecule has 0 aliphatic heterocycles. The van der Waals surface area contributed by atoms with Crippen molar-refractivity contribution < 1.29 is 68.6 Å². The first-order valence-corrected chi connectivity index (χ1v) is 29.1. The second-order valence-electron chi connectivity index (χ2n) is 17.9. The van der Waals surface area contributed by atoms with Gasteiger partial charge in [-0.1, -0.05) is 0 Å². The van der Waals surface area contributed by atoms with Gasteiger partial charge < -0.3 is 0 Å². The van der Waals surface area contributed by atoms with Crippen molar-refractivity contribution in [2.75, 3.05) is 0 Å². The molecule has 4 aromatic carbocycles. The first kappa shape index (κ1) is 46.4. The fourth-order valence-electron chi connectivity index (χ4n) is 8.96. The van der Waals surface area contributed by atoms with Crippen molar-refractivity contribution >= 4 is 20.2 Å². The SMILES string of the molecule is Cc1cc2c(cc1C(C)(C)C)-c1cc(C(C)(C)C)c(C)cc1[CH]2[Zr]([Cl])([Cl])(=[C](c1cc(C(F)(F)F)cc(C(F)(F)F)c1)c1cc(C(F)(F)F)cc(C(F)(F)F)c1)[CH]1C=CC=C1. The first-order valence-electron chi connectivity index (χ1n) is 18.7. The van der Waals surface area contributed by atoms with Crippen LogP contribution >= 0.6 is 17.0 Å². The van der Waals surface area contributed by atoms with E-state index < -0.39 is 95.3 Å². The van der Waals surface area contributed by atoms with Gasteiger partial charge in [-0.15, -0.1) is 0 Å². The Morgan fingerprint density at radius 1 is 0.467 bits per heavy atom. The van der Waals surface area contributed by atoms with E-state index in [0.29, 0.717) is 33.4 Å². The maximum atomic E-state index is 14.6. The summed E-state index contributed by atoms with van der Waals surface area (Å²) in [7, 11) is 16.5. The van der Waals surface area contributed by atoms with Crippen LogP contribution in [0.15, 0.2) is 85.0 Å². The Kier molecular flexibility index (Phi) is 11.2. The van der Waals surface area contributed by atoms with Gasteiger partial charge >= 0.3 is 350 Å². The molecular weight excluding hydrogens is 931 g/mol. The standard InChI is InChI=1S/C23H29.C17H6F12.C5H5.2ClH.Zr/c1-14-9-16-11-17-10-15(2)21(23(6,7)8)13-19(17)18(16)12-20(14)22(3,4)5;18-14(19,20)10-2-8(3-11(6-10)15(21,22)23)1-9-4-12(16(24,25)26)7-13(5-9)17(27,28)29;1-2-4-5-3-1;;;/h9-13H,1-8H3;2-7H;1-5H;2*1H;/q;;;;;+2/p-2. The van der Waals surface area contributed by atoms with E-state index in [9.17, 15) is 52.7 Å². The van der Waals surface area contributed by atoms with Crippen molar-refractivity contribution in [2.45, 2.75) is 98.2 Å². The molecule has 0 unspecified atom stereocenters. The molecule has 0 bridgehead atoms. The van der Waals surface area contributed by atoms with Crippen LogP contribution in [0.2, 0.25) is 3.63 Å². The number of halogens is 14. The van der Waals surface area contributed by atoms with Gasteiger partial charge in [0.25, 0.3) is 0 Å². The summed E-state index contributed by atoms with van der Waals surface area (Å²) < 4.78 is 172. The van der Waals surface area contributed by atoms with Gasteiger partial charge in [0, 0.05) is 0 Å². The van der Waals surface area contributed by atoms with E-state index in [1.807, 2.05) is 53.7 Å². The minimum absolute atomic E-state index is 0.176. The van der Waals surface area contributed by atoms with E-state index in [1.165, 1.54) is 24.3 Å². The fourth-order valence-corrected chi connectivity index (χ4v) is 28.2. The van der Waals surface area contributed by atoms with Gasteiger partial charge in [0.05, 0.1) is 0 Å². The third kappa shape index (κ3) is 8.13. The number of hydrogen-bond donors (Lipinski definition) is 0. The molecule has 0 radical (unpaired) electrons. The van der Waals surface area contributed by atoms with Gasteiger partial charge in [0.1, 0.15) is 0 Å². The normalized spacial score (nSPS) is 15.8. The zero-order valence-corrected chi connectivity index (χ0v) is 37.5. The van der Waals surface area contributed by atoms with Gasteiger partial charge in [0.15, 0.2) is 0 Å². The summed E-state index contributed by atoms with van der Waals surface area (Å²) in [5.41, 5.74) is -5.29. The predicted molar refractivity (Wildman–Crippen MR) is 210 cm³/mol. The monoisotopic (exact) mass is 968 g/mol. The number of aryl methyl sites for hydroxylation is 2. The third-order valence-corrected chi connectivity index (χ3v) is 31.1. The molecule has 2 aliphatic carbocycles. The Morgan fingerprint density at radius 3 is 1.03 bits per heavy atom. The van der Waals surface area contributed by atoms with Crippen molar-refractivity contribution in [2.24, 2.45) is 0 Å². The quantitative estimate of drug-likeness (QED) is 0.179. The molecule has 15 heteroatoms. The average Bonchev–Trinajstić information content (AvgIpc) is 3.73. The molecule has 0 atom stereocenters. The number of alkyl halides is 12. The Morgan fingerprint density at radius 2 is 0.767 bits per heavy atom. The summed E-state index contributed by atoms with van der Waals surface area (Å²) in [6.45, 7) is 15.4. The van der Waals surface area contributed by atoms with Crippen molar-refractivity contribution in [3.63, 3.8) is 0 Å². The molecule has 0 nitrogen and oxygen atoms in total. The molecule has 0 saturated heterocycles.